The van der Waals surface area contributed by atoms with Crippen LogP contribution in [0.15, 0.2) is 0 Å². The van der Waals surface area contributed by atoms with E-state index in [1.54, 1.807) is 0 Å². The Hall–Kier alpha value is -0.410. The summed E-state index contributed by atoms with van der Waals surface area (Å²) in [6, 6.07) is 0. The minimum absolute atomic E-state index is 0.582. The SMILES string of the molecule is CC.CCCCCCCCCCCCCCCCN(C)CC=O.CO. The first-order valence-electron chi connectivity index (χ1n) is 10.9. The minimum Gasteiger partial charge on any atom is -0.400 e. The van der Waals surface area contributed by atoms with Gasteiger partial charge in [0, 0.05) is 7.11 Å². The molecule has 0 aliphatic rings. The molecule has 0 aromatic carbocycles. The van der Waals surface area contributed by atoms with E-state index in [0.29, 0.717) is 6.54 Å². The molecule has 0 rings (SSSR count). The van der Waals surface area contributed by atoms with Crippen LogP contribution >= 0.6 is 0 Å². The van der Waals surface area contributed by atoms with Crippen molar-refractivity contribution in [1.29, 1.82) is 0 Å². The molecule has 0 fully saturated rings. The summed E-state index contributed by atoms with van der Waals surface area (Å²) in [6.07, 6.45) is 20.6. The van der Waals surface area contributed by atoms with E-state index in [9.17, 15) is 4.79 Å². The first-order chi connectivity index (χ1) is 12.3. The van der Waals surface area contributed by atoms with E-state index >= 15 is 0 Å². The first-order valence-corrected chi connectivity index (χ1v) is 10.9. The molecule has 3 nitrogen and oxygen atoms in total. The molecule has 0 atom stereocenters. The maximum Gasteiger partial charge on any atom is 0.133 e. The summed E-state index contributed by atoms with van der Waals surface area (Å²) in [5.41, 5.74) is 0. The highest BCUT2D eigenvalue weighted by molar-refractivity contribution is 5.51. The van der Waals surface area contributed by atoms with Crippen molar-refractivity contribution in [3.63, 3.8) is 0 Å². The summed E-state index contributed by atoms with van der Waals surface area (Å²) in [4.78, 5) is 12.4. The van der Waals surface area contributed by atoms with Crippen molar-refractivity contribution in [3.05, 3.63) is 0 Å². The number of hydrogen-bond donors (Lipinski definition) is 1. The molecule has 0 saturated heterocycles. The molecular weight excluding hydrogens is 310 g/mol. The number of unbranched alkanes of at least 4 members (excludes halogenated alkanes) is 13. The molecule has 0 amide bonds. The van der Waals surface area contributed by atoms with Gasteiger partial charge in [-0.2, -0.15) is 0 Å². The fraction of sp³-hybridized carbons (Fsp3) is 0.955. The Morgan fingerprint density at radius 2 is 1.00 bits per heavy atom. The predicted molar refractivity (Wildman–Crippen MR) is 113 cm³/mol. The molecule has 0 saturated carbocycles. The number of aldehydes is 1. The van der Waals surface area contributed by atoms with Gasteiger partial charge in [-0.3, -0.25) is 4.90 Å². The Labute approximate surface area is 159 Å². The number of hydrogen-bond acceptors (Lipinski definition) is 3. The molecule has 1 N–H and O–H groups in total. The first kappa shape index (κ1) is 29.4. The Bertz CT molecular complexity index is 210. The normalized spacial score (nSPS) is 9.88. The molecule has 0 bridgehead atoms. The molecule has 0 radical (unpaired) electrons. The number of rotatable bonds is 17. The maximum atomic E-state index is 10.3. The average Bonchev–Trinajstić information content (AvgIpc) is 2.65. The van der Waals surface area contributed by atoms with Crippen molar-refractivity contribution < 1.29 is 9.90 Å². The zero-order valence-corrected chi connectivity index (χ0v) is 18.2. The van der Waals surface area contributed by atoms with Crippen LogP contribution in [0, 0.1) is 0 Å². The molecule has 154 valence electrons. The lowest BCUT2D eigenvalue weighted by Gasteiger charge is -2.12. The smallest absolute Gasteiger partial charge is 0.133 e. The van der Waals surface area contributed by atoms with Crippen molar-refractivity contribution >= 4 is 6.29 Å². The molecule has 0 heterocycles. The molecular formula is C22H49NO2. The number of carbonyl (C=O) groups excluding carboxylic acids is 1. The van der Waals surface area contributed by atoms with Gasteiger partial charge in [0.25, 0.3) is 0 Å². The van der Waals surface area contributed by atoms with E-state index in [2.05, 4.69) is 11.8 Å². The van der Waals surface area contributed by atoms with Crippen LogP contribution in [0.1, 0.15) is 111 Å². The molecule has 0 aromatic heterocycles. The van der Waals surface area contributed by atoms with Crippen LogP contribution in [0.5, 0.6) is 0 Å². The summed E-state index contributed by atoms with van der Waals surface area (Å²) in [5.74, 6) is 0. The van der Waals surface area contributed by atoms with Crippen LogP contribution in [0.3, 0.4) is 0 Å². The second-order valence-electron chi connectivity index (χ2n) is 6.53. The van der Waals surface area contributed by atoms with Crippen LogP contribution in [-0.4, -0.2) is 43.5 Å². The molecule has 0 unspecified atom stereocenters. The van der Waals surface area contributed by atoms with Gasteiger partial charge >= 0.3 is 0 Å². The van der Waals surface area contributed by atoms with Crippen LogP contribution in [-0.2, 0) is 4.79 Å². The molecule has 25 heavy (non-hydrogen) atoms. The largest absolute Gasteiger partial charge is 0.400 e. The van der Waals surface area contributed by atoms with Gasteiger partial charge in [0.2, 0.25) is 0 Å². The van der Waals surface area contributed by atoms with E-state index in [1.807, 2.05) is 20.9 Å². The molecule has 3 heteroatoms. The summed E-state index contributed by atoms with van der Waals surface area (Å²) in [5, 5.41) is 7.00. The summed E-state index contributed by atoms with van der Waals surface area (Å²) < 4.78 is 0. The van der Waals surface area contributed by atoms with Gasteiger partial charge in [-0.05, 0) is 20.0 Å². The third-order valence-electron chi connectivity index (χ3n) is 4.28. The summed E-state index contributed by atoms with van der Waals surface area (Å²) >= 11 is 0. The van der Waals surface area contributed by atoms with E-state index in [0.717, 1.165) is 19.9 Å². The van der Waals surface area contributed by atoms with Crippen molar-refractivity contribution in [2.75, 3.05) is 27.2 Å². The van der Waals surface area contributed by atoms with Crippen molar-refractivity contribution in [1.82, 2.24) is 4.90 Å². The van der Waals surface area contributed by atoms with Gasteiger partial charge in [0.1, 0.15) is 6.29 Å². The van der Waals surface area contributed by atoms with Crippen molar-refractivity contribution in [3.8, 4) is 0 Å². The van der Waals surface area contributed by atoms with Crippen molar-refractivity contribution in [2.45, 2.75) is 111 Å². The highest BCUT2D eigenvalue weighted by Crippen LogP contribution is 2.12. The van der Waals surface area contributed by atoms with Gasteiger partial charge < -0.3 is 9.90 Å². The Kier molecular flexibility index (Phi) is 36.8. The Balaban J connectivity index is -0.00000112. The number of likely N-dealkylation sites (N-methyl/N-ethyl adjacent to an activating group) is 1. The molecule has 0 aliphatic carbocycles. The molecule has 0 aliphatic heterocycles. The Morgan fingerprint density at radius 3 is 1.32 bits per heavy atom. The predicted octanol–water partition coefficient (Wildman–Crippen LogP) is 6.23. The van der Waals surface area contributed by atoms with Crippen LogP contribution < -0.4 is 0 Å². The third kappa shape index (κ3) is 31.8. The Morgan fingerprint density at radius 1 is 0.680 bits per heavy atom. The quantitative estimate of drug-likeness (QED) is 0.247. The summed E-state index contributed by atoms with van der Waals surface area (Å²) in [6.45, 7) is 7.93. The third-order valence-corrected chi connectivity index (χ3v) is 4.28. The molecule has 0 aromatic rings. The van der Waals surface area contributed by atoms with E-state index in [-0.39, 0.29) is 0 Å². The monoisotopic (exact) mass is 359 g/mol. The van der Waals surface area contributed by atoms with Crippen molar-refractivity contribution in [2.24, 2.45) is 0 Å². The second-order valence-corrected chi connectivity index (χ2v) is 6.53. The second kappa shape index (κ2) is 31.4. The van der Waals surface area contributed by atoms with Gasteiger partial charge in [0.15, 0.2) is 0 Å². The lowest BCUT2D eigenvalue weighted by atomic mass is 10.0. The van der Waals surface area contributed by atoms with Gasteiger partial charge in [-0.1, -0.05) is 104 Å². The van der Waals surface area contributed by atoms with E-state index in [4.69, 9.17) is 5.11 Å². The lowest BCUT2D eigenvalue weighted by Crippen LogP contribution is -2.21. The summed E-state index contributed by atoms with van der Waals surface area (Å²) in [7, 11) is 3.02. The number of aliphatic hydroxyl groups excluding tert-OH is 1. The van der Waals surface area contributed by atoms with Crippen LogP contribution in [0.25, 0.3) is 0 Å². The standard InChI is InChI=1S/C19H39NO.C2H6.CH4O/c1-3-4-5-6-7-8-9-10-11-12-13-14-15-16-17-20(2)18-19-21;2*1-2/h19H,3-18H2,1-2H3;1-2H3;2H,1H3. The number of carbonyl (C=O) groups is 1. The van der Waals surface area contributed by atoms with E-state index < -0.39 is 0 Å². The van der Waals surface area contributed by atoms with Crippen LogP contribution in [0.4, 0.5) is 0 Å². The fourth-order valence-corrected chi connectivity index (χ4v) is 2.79. The maximum absolute atomic E-state index is 10.3. The highest BCUT2D eigenvalue weighted by Gasteiger charge is 1.97. The average molecular weight is 360 g/mol. The van der Waals surface area contributed by atoms with Crippen LogP contribution in [0.2, 0.25) is 0 Å². The molecule has 0 spiro atoms. The van der Waals surface area contributed by atoms with Gasteiger partial charge in [0.05, 0.1) is 6.54 Å². The van der Waals surface area contributed by atoms with Gasteiger partial charge in [-0.15, -0.1) is 0 Å². The highest BCUT2D eigenvalue weighted by atomic mass is 16.2. The zero-order valence-electron chi connectivity index (χ0n) is 18.2. The fourth-order valence-electron chi connectivity index (χ4n) is 2.79. The van der Waals surface area contributed by atoms with Gasteiger partial charge in [-0.25, -0.2) is 0 Å². The minimum atomic E-state index is 0.582. The number of aliphatic hydroxyl groups is 1. The topological polar surface area (TPSA) is 40.5 Å². The lowest BCUT2D eigenvalue weighted by molar-refractivity contribution is -0.108. The van der Waals surface area contributed by atoms with E-state index in [1.165, 1.54) is 89.9 Å². The zero-order chi connectivity index (χ0) is 19.6. The number of nitrogens with zero attached hydrogens (tertiary/aromatic N) is 1.